The number of carbonyl (C=O) groups is 2. The number of aromatic carboxylic acids is 1. The molecule has 2 amide bonds. The van der Waals surface area contributed by atoms with E-state index in [2.05, 4.69) is 5.32 Å². The van der Waals surface area contributed by atoms with Gasteiger partial charge in [0.05, 0.1) is 12.2 Å². The molecule has 0 fully saturated rings. The number of carboxylic acids is 1. The average Bonchev–Trinajstić information content (AvgIpc) is 2.37. The van der Waals surface area contributed by atoms with Crippen molar-refractivity contribution in [3.05, 3.63) is 29.3 Å². The molecule has 19 heavy (non-hydrogen) atoms. The van der Waals surface area contributed by atoms with E-state index >= 15 is 0 Å². The highest BCUT2D eigenvalue weighted by atomic mass is 16.4. The fourth-order valence-corrected chi connectivity index (χ4v) is 1.66. The number of aryl methyl sites for hydroxylation is 1. The van der Waals surface area contributed by atoms with Crippen LogP contribution < -0.4 is 5.32 Å². The molecule has 1 aromatic rings. The Balaban J connectivity index is 2.85. The second-order valence-corrected chi connectivity index (χ2v) is 4.07. The number of carboxylic acid groups (broad SMARTS) is 1. The van der Waals surface area contributed by atoms with E-state index in [4.69, 9.17) is 10.2 Å². The van der Waals surface area contributed by atoms with E-state index in [9.17, 15) is 9.59 Å². The first-order valence-corrected chi connectivity index (χ1v) is 6.00. The number of nitrogens with one attached hydrogen (secondary N) is 1. The summed E-state index contributed by atoms with van der Waals surface area (Å²) < 4.78 is 0. The zero-order valence-corrected chi connectivity index (χ0v) is 11.0. The zero-order chi connectivity index (χ0) is 14.4. The third-order valence-corrected chi connectivity index (χ3v) is 2.76. The normalized spacial score (nSPS) is 10.1. The number of aliphatic hydroxyl groups excluding tert-OH is 1. The Hall–Kier alpha value is -2.08. The molecule has 6 heteroatoms. The molecular formula is C13H18N2O4. The van der Waals surface area contributed by atoms with Gasteiger partial charge >= 0.3 is 12.0 Å². The number of urea groups is 1. The van der Waals surface area contributed by atoms with E-state index in [0.29, 0.717) is 17.8 Å². The number of hydrogen-bond donors (Lipinski definition) is 3. The minimum Gasteiger partial charge on any atom is -0.478 e. The van der Waals surface area contributed by atoms with E-state index in [-0.39, 0.29) is 24.7 Å². The Labute approximate surface area is 111 Å². The average molecular weight is 266 g/mol. The van der Waals surface area contributed by atoms with Crippen LogP contribution in [0.1, 0.15) is 22.8 Å². The van der Waals surface area contributed by atoms with Crippen LogP contribution in [-0.2, 0) is 0 Å². The highest BCUT2D eigenvalue weighted by molar-refractivity contribution is 5.94. The molecule has 0 unspecified atom stereocenters. The first kappa shape index (κ1) is 15.0. The molecule has 0 radical (unpaired) electrons. The summed E-state index contributed by atoms with van der Waals surface area (Å²) in [5.74, 6) is -1.03. The van der Waals surface area contributed by atoms with Crippen LogP contribution in [0.3, 0.4) is 0 Å². The van der Waals surface area contributed by atoms with Gasteiger partial charge in [-0.15, -0.1) is 0 Å². The number of benzene rings is 1. The van der Waals surface area contributed by atoms with Crippen LogP contribution in [0.5, 0.6) is 0 Å². The predicted molar refractivity (Wildman–Crippen MR) is 71.5 cm³/mol. The second kappa shape index (κ2) is 6.75. The highest BCUT2D eigenvalue weighted by Crippen LogP contribution is 2.15. The molecule has 0 aliphatic heterocycles. The van der Waals surface area contributed by atoms with Crippen LogP contribution in [0, 0.1) is 6.92 Å². The second-order valence-electron chi connectivity index (χ2n) is 4.07. The largest absolute Gasteiger partial charge is 0.478 e. The molecule has 0 aliphatic carbocycles. The summed E-state index contributed by atoms with van der Waals surface area (Å²) in [7, 11) is 0. The first-order valence-electron chi connectivity index (χ1n) is 6.00. The van der Waals surface area contributed by atoms with Crippen molar-refractivity contribution in [2.45, 2.75) is 13.8 Å². The zero-order valence-electron chi connectivity index (χ0n) is 11.0. The van der Waals surface area contributed by atoms with Crippen LogP contribution in [0.25, 0.3) is 0 Å². The Kier molecular flexibility index (Phi) is 5.32. The standard InChI is InChI=1S/C13H18N2O4/c1-3-15(6-7-16)13(19)14-10-5-4-9(2)11(8-10)12(17)18/h4-5,8,16H,3,6-7H2,1-2H3,(H,14,19)(H,17,18). The van der Waals surface area contributed by atoms with Crippen molar-refractivity contribution < 1.29 is 19.8 Å². The van der Waals surface area contributed by atoms with Gasteiger partial charge in [0.25, 0.3) is 0 Å². The lowest BCUT2D eigenvalue weighted by Gasteiger charge is -2.20. The van der Waals surface area contributed by atoms with E-state index in [0.717, 1.165) is 0 Å². The summed E-state index contributed by atoms with van der Waals surface area (Å²) in [6, 6.07) is 4.34. The van der Waals surface area contributed by atoms with Gasteiger partial charge in [-0.25, -0.2) is 9.59 Å². The molecule has 0 saturated heterocycles. The van der Waals surface area contributed by atoms with Crippen molar-refractivity contribution in [1.29, 1.82) is 0 Å². The van der Waals surface area contributed by atoms with Gasteiger partial charge in [0, 0.05) is 18.8 Å². The molecule has 0 spiro atoms. The molecule has 0 saturated carbocycles. The molecule has 3 N–H and O–H groups in total. The summed E-state index contributed by atoms with van der Waals surface area (Å²) in [5.41, 5.74) is 1.21. The van der Waals surface area contributed by atoms with E-state index in [1.54, 1.807) is 26.0 Å². The van der Waals surface area contributed by atoms with Crippen LogP contribution in [0.2, 0.25) is 0 Å². The van der Waals surface area contributed by atoms with Gasteiger partial charge in [-0.2, -0.15) is 0 Å². The summed E-state index contributed by atoms with van der Waals surface area (Å²) in [6.45, 7) is 4.08. The van der Waals surface area contributed by atoms with Gasteiger partial charge < -0.3 is 20.4 Å². The topological polar surface area (TPSA) is 89.9 Å². The van der Waals surface area contributed by atoms with Gasteiger partial charge in [0.1, 0.15) is 0 Å². The molecule has 0 aromatic heterocycles. The van der Waals surface area contributed by atoms with Crippen LogP contribution in [-0.4, -0.2) is 46.8 Å². The number of rotatable bonds is 5. The number of nitrogens with zero attached hydrogens (tertiary/aromatic N) is 1. The van der Waals surface area contributed by atoms with Gasteiger partial charge in [0.15, 0.2) is 0 Å². The maximum absolute atomic E-state index is 11.9. The first-order chi connectivity index (χ1) is 8.99. The lowest BCUT2D eigenvalue weighted by atomic mass is 10.1. The van der Waals surface area contributed by atoms with Crippen LogP contribution >= 0.6 is 0 Å². The minimum atomic E-state index is -1.03. The highest BCUT2D eigenvalue weighted by Gasteiger charge is 2.13. The van der Waals surface area contributed by atoms with Crippen LogP contribution in [0.4, 0.5) is 10.5 Å². The third kappa shape index (κ3) is 3.96. The van der Waals surface area contributed by atoms with Crippen molar-refractivity contribution in [2.75, 3.05) is 25.0 Å². The van der Waals surface area contributed by atoms with E-state index in [1.165, 1.54) is 11.0 Å². The minimum absolute atomic E-state index is 0.116. The molecule has 1 aromatic carbocycles. The quantitative estimate of drug-likeness (QED) is 0.754. The van der Waals surface area contributed by atoms with Crippen molar-refractivity contribution >= 4 is 17.7 Å². The number of aliphatic hydroxyl groups is 1. The molecule has 0 aliphatic rings. The Morgan fingerprint density at radius 2 is 2.05 bits per heavy atom. The van der Waals surface area contributed by atoms with Gasteiger partial charge in [-0.05, 0) is 31.5 Å². The lowest BCUT2D eigenvalue weighted by molar-refractivity contribution is 0.0696. The van der Waals surface area contributed by atoms with Gasteiger partial charge in [-0.1, -0.05) is 6.07 Å². The summed E-state index contributed by atoms with van der Waals surface area (Å²) in [5, 5.41) is 20.5. The van der Waals surface area contributed by atoms with Gasteiger partial charge in [-0.3, -0.25) is 0 Å². The Bertz CT molecular complexity index is 474. The number of amides is 2. The predicted octanol–water partition coefficient (Wildman–Crippen LogP) is 1.54. The molecule has 0 heterocycles. The van der Waals surface area contributed by atoms with Crippen molar-refractivity contribution in [3.8, 4) is 0 Å². The molecule has 1 rings (SSSR count). The SMILES string of the molecule is CCN(CCO)C(=O)Nc1ccc(C)c(C(=O)O)c1. The maximum atomic E-state index is 11.9. The maximum Gasteiger partial charge on any atom is 0.336 e. The smallest absolute Gasteiger partial charge is 0.336 e. The van der Waals surface area contributed by atoms with E-state index < -0.39 is 5.97 Å². The fraction of sp³-hybridized carbons (Fsp3) is 0.385. The summed E-state index contributed by atoms with van der Waals surface area (Å²) in [4.78, 5) is 24.3. The number of carbonyl (C=O) groups excluding carboxylic acids is 1. The number of likely N-dealkylation sites (N-methyl/N-ethyl adjacent to an activating group) is 1. The Morgan fingerprint density at radius 1 is 1.37 bits per heavy atom. The number of anilines is 1. The van der Waals surface area contributed by atoms with Crippen LogP contribution in [0.15, 0.2) is 18.2 Å². The molecule has 0 atom stereocenters. The van der Waals surface area contributed by atoms with Crippen molar-refractivity contribution in [2.24, 2.45) is 0 Å². The van der Waals surface area contributed by atoms with E-state index in [1.807, 2.05) is 0 Å². The van der Waals surface area contributed by atoms with Gasteiger partial charge in [0.2, 0.25) is 0 Å². The van der Waals surface area contributed by atoms with Crippen molar-refractivity contribution in [3.63, 3.8) is 0 Å². The van der Waals surface area contributed by atoms with Crippen molar-refractivity contribution in [1.82, 2.24) is 4.90 Å². The monoisotopic (exact) mass is 266 g/mol. The number of hydrogen-bond acceptors (Lipinski definition) is 3. The summed E-state index contributed by atoms with van der Waals surface area (Å²) in [6.07, 6.45) is 0. The Morgan fingerprint density at radius 3 is 2.58 bits per heavy atom. The summed E-state index contributed by atoms with van der Waals surface area (Å²) >= 11 is 0. The molecule has 6 nitrogen and oxygen atoms in total. The molecule has 0 bridgehead atoms. The third-order valence-electron chi connectivity index (χ3n) is 2.76. The molecule has 104 valence electrons. The lowest BCUT2D eigenvalue weighted by Crippen LogP contribution is -2.36. The molecular weight excluding hydrogens is 248 g/mol. The fourth-order valence-electron chi connectivity index (χ4n) is 1.66.